The molecule has 5 heteroatoms. The molecule has 0 heterocycles. The molecule has 0 atom stereocenters. The van der Waals surface area contributed by atoms with E-state index in [9.17, 15) is 14.7 Å². The summed E-state index contributed by atoms with van der Waals surface area (Å²) in [5.41, 5.74) is -0.831. The van der Waals surface area contributed by atoms with Gasteiger partial charge in [-0.2, -0.15) is 0 Å². The lowest BCUT2D eigenvalue weighted by atomic mass is 9.71. The molecule has 5 nitrogen and oxygen atoms in total. The Balaban J connectivity index is 2.33. The zero-order chi connectivity index (χ0) is 14.1. The Bertz CT molecular complexity index is 298. The fourth-order valence-corrected chi connectivity index (χ4v) is 2.61. The third-order valence-corrected chi connectivity index (χ3v) is 3.76. The second-order valence-electron chi connectivity index (χ2n) is 5.22. The van der Waals surface area contributed by atoms with Gasteiger partial charge in [0.25, 0.3) is 0 Å². The van der Waals surface area contributed by atoms with Crippen molar-refractivity contribution in [3.05, 3.63) is 0 Å². The van der Waals surface area contributed by atoms with Crippen molar-refractivity contribution >= 4 is 11.9 Å². The van der Waals surface area contributed by atoms with E-state index in [1.807, 2.05) is 6.92 Å². The number of rotatable bonds is 8. The van der Waals surface area contributed by atoms with Crippen LogP contribution in [0.25, 0.3) is 0 Å². The number of amides is 1. The number of carbonyl (C=O) groups is 2. The molecule has 19 heavy (non-hydrogen) atoms. The fourth-order valence-electron chi connectivity index (χ4n) is 2.61. The molecule has 0 aliphatic heterocycles. The fraction of sp³-hybridized carbons (Fsp3) is 0.857. The van der Waals surface area contributed by atoms with Crippen LogP contribution in [-0.2, 0) is 14.3 Å². The van der Waals surface area contributed by atoms with E-state index in [1.54, 1.807) is 0 Å². The second kappa shape index (κ2) is 8.15. The number of hydrogen-bond acceptors (Lipinski definition) is 3. The van der Waals surface area contributed by atoms with E-state index in [0.717, 1.165) is 25.7 Å². The third kappa shape index (κ3) is 5.19. The van der Waals surface area contributed by atoms with Crippen LogP contribution >= 0.6 is 0 Å². The monoisotopic (exact) mass is 271 g/mol. The first-order valence-corrected chi connectivity index (χ1v) is 7.18. The Kier molecular flexibility index (Phi) is 6.84. The quantitative estimate of drug-likeness (QED) is 0.662. The molecule has 0 bridgehead atoms. The van der Waals surface area contributed by atoms with Crippen molar-refractivity contribution in [1.29, 1.82) is 0 Å². The van der Waals surface area contributed by atoms with Crippen LogP contribution in [0.15, 0.2) is 0 Å². The van der Waals surface area contributed by atoms with Gasteiger partial charge < -0.3 is 15.2 Å². The summed E-state index contributed by atoms with van der Waals surface area (Å²) in [6, 6.07) is 0. The Morgan fingerprint density at radius 3 is 2.53 bits per heavy atom. The van der Waals surface area contributed by atoms with Gasteiger partial charge in [0.05, 0.1) is 5.41 Å². The van der Waals surface area contributed by atoms with Crippen LogP contribution < -0.4 is 5.32 Å². The number of carboxylic acids is 1. The molecule has 1 aliphatic rings. The van der Waals surface area contributed by atoms with Gasteiger partial charge in [-0.05, 0) is 26.2 Å². The van der Waals surface area contributed by atoms with Crippen molar-refractivity contribution in [1.82, 2.24) is 5.32 Å². The highest BCUT2D eigenvalue weighted by Gasteiger charge is 2.41. The molecule has 0 aromatic heterocycles. The van der Waals surface area contributed by atoms with Crippen molar-refractivity contribution in [2.75, 3.05) is 19.8 Å². The SMILES string of the molecule is CCOCCCNC(=O)CC1(C(=O)O)CCCCC1. The summed E-state index contributed by atoms with van der Waals surface area (Å²) >= 11 is 0. The maximum Gasteiger partial charge on any atom is 0.310 e. The minimum Gasteiger partial charge on any atom is -0.481 e. The summed E-state index contributed by atoms with van der Waals surface area (Å²) < 4.78 is 5.18. The topological polar surface area (TPSA) is 75.6 Å². The largest absolute Gasteiger partial charge is 0.481 e. The second-order valence-corrected chi connectivity index (χ2v) is 5.22. The first kappa shape index (κ1) is 16.0. The van der Waals surface area contributed by atoms with Gasteiger partial charge in [0.2, 0.25) is 5.91 Å². The van der Waals surface area contributed by atoms with E-state index >= 15 is 0 Å². The summed E-state index contributed by atoms with van der Waals surface area (Å²) in [6.45, 7) is 3.78. The molecule has 0 aromatic rings. The summed E-state index contributed by atoms with van der Waals surface area (Å²) in [5, 5.41) is 12.2. The molecule has 1 aliphatic carbocycles. The van der Waals surface area contributed by atoms with Gasteiger partial charge in [-0.3, -0.25) is 9.59 Å². The van der Waals surface area contributed by atoms with Crippen molar-refractivity contribution in [3.8, 4) is 0 Å². The van der Waals surface area contributed by atoms with Crippen molar-refractivity contribution < 1.29 is 19.4 Å². The molecule has 1 amide bonds. The Hall–Kier alpha value is -1.10. The zero-order valence-electron chi connectivity index (χ0n) is 11.7. The minimum absolute atomic E-state index is 0.108. The molecular formula is C14H25NO4. The smallest absolute Gasteiger partial charge is 0.310 e. The lowest BCUT2D eigenvalue weighted by molar-refractivity contribution is -0.154. The summed E-state index contributed by atoms with van der Waals surface area (Å²) in [5.74, 6) is -0.975. The van der Waals surface area contributed by atoms with Gasteiger partial charge in [0.1, 0.15) is 0 Å². The Morgan fingerprint density at radius 2 is 1.95 bits per heavy atom. The maximum atomic E-state index is 11.8. The average molecular weight is 271 g/mol. The lowest BCUT2D eigenvalue weighted by Gasteiger charge is -2.32. The number of nitrogens with one attached hydrogen (secondary N) is 1. The summed E-state index contributed by atoms with van der Waals surface area (Å²) in [4.78, 5) is 23.3. The van der Waals surface area contributed by atoms with E-state index in [4.69, 9.17) is 4.74 Å². The van der Waals surface area contributed by atoms with Gasteiger partial charge >= 0.3 is 5.97 Å². The number of aliphatic carboxylic acids is 1. The predicted octanol–water partition coefficient (Wildman–Crippen LogP) is 1.95. The van der Waals surface area contributed by atoms with Gasteiger partial charge in [0.15, 0.2) is 0 Å². The molecule has 2 N–H and O–H groups in total. The summed E-state index contributed by atoms with van der Waals surface area (Å²) in [6.07, 6.45) is 5.00. The normalized spacial score (nSPS) is 17.9. The van der Waals surface area contributed by atoms with Gasteiger partial charge in [-0.25, -0.2) is 0 Å². The summed E-state index contributed by atoms with van der Waals surface area (Å²) in [7, 11) is 0. The van der Waals surface area contributed by atoms with E-state index < -0.39 is 11.4 Å². The third-order valence-electron chi connectivity index (χ3n) is 3.76. The highest BCUT2D eigenvalue weighted by atomic mass is 16.5. The van der Waals surface area contributed by atoms with Crippen LogP contribution in [0, 0.1) is 5.41 Å². The van der Waals surface area contributed by atoms with Crippen LogP contribution in [0.4, 0.5) is 0 Å². The first-order valence-electron chi connectivity index (χ1n) is 7.18. The molecule has 0 aromatic carbocycles. The molecule has 1 fully saturated rings. The number of hydrogen-bond donors (Lipinski definition) is 2. The van der Waals surface area contributed by atoms with Crippen LogP contribution in [0.1, 0.15) is 51.9 Å². The molecule has 0 spiro atoms. The standard InChI is InChI=1S/C14H25NO4/c1-2-19-10-6-9-15-12(16)11-14(13(17)18)7-4-3-5-8-14/h2-11H2,1H3,(H,15,16)(H,17,18). The Morgan fingerprint density at radius 1 is 1.26 bits per heavy atom. The highest BCUT2D eigenvalue weighted by Crippen LogP contribution is 2.39. The van der Waals surface area contributed by atoms with Crippen molar-refractivity contribution in [2.45, 2.75) is 51.9 Å². The van der Waals surface area contributed by atoms with E-state index in [1.165, 1.54) is 0 Å². The molecular weight excluding hydrogens is 246 g/mol. The lowest BCUT2D eigenvalue weighted by Crippen LogP contribution is -2.39. The molecule has 0 unspecified atom stereocenters. The Labute approximate surface area is 114 Å². The zero-order valence-corrected chi connectivity index (χ0v) is 11.7. The van der Waals surface area contributed by atoms with Crippen LogP contribution in [0.2, 0.25) is 0 Å². The van der Waals surface area contributed by atoms with E-state index in [-0.39, 0.29) is 12.3 Å². The maximum absolute atomic E-state index is 11.8. The molecule has 110 valence electrons. The van der Waals surface area contributed by atoms with Crippen molar-refractivity contribution in [2.24, 2.45) is 5.41 Å². The van der Waals surface area contributed by atoms with Crippen LogP contribution in [0.3, 0.4) is 0 Å². The van der Waals surface area contributed by atoms with Crippen LogP contribution in [0.5, 0.6) is 0 Å². The molecule has 0 saturated heterocycles. The van der Waals surface area contributed by atoms with E-state index in [0.29, 0.717) is 32.6 Å². The van der Waals surface area contributed by atoms with Crippen LogP contribution in [-0.4, -0.2) is 36.7 Å². The minimum atomic E-state index is -0.831. The predicted molar refractivity (Wildman–Crippen MR) is 71.9 cm³/mol. The number of carbonyl (C=O) groups excluding carboxylic acids is 1. The van der Waals surface area contributed by atoms with Crippen molar-refractivity contribution in [3.63, 3.8) is 0 Å². The van der Waals surface area contributed by atoms with E-state index in [2.05, 4.69) is 5.32 Å². The number of carboxylic acid groups (broad SMARTS) is 1. The molecule has 1 rings (SSSR count). The van der Waals surface area contributed by atoms with Gasteiger partial charge in [-0.1, -0.05) is 19.3 Å². The molecule has 0 radical (unpaired) electrons. The average Bonchev–Trinajstić information content (AvgIpc) is 2.39. The molecule has 1 saturated carbocycles. The number of ether oxygens (including phenoxy) is 1. The first-order chi connectivity index (χ1) is 9.10. The van der Waals surface area contributed by atoms with Gasteiger partial charge in [0, 0.05) is 26.2 Å². The highest BCUT2D eigenvalue weighted by molar-refractivity contribution is 5.85. The van der Waals surface area contributed by atoms with Gasteiger partial charge in [-0.15, -0.1) is 0 Å².